The van der Waals surface area contributed by atoms with Crippen molar-refractivity contribution in [2.45, 2.75) is 32.7 Å². The van der Waals surface area contributed by atoms with E-state index in [4.69, 9.17) is 0 Å². The number of nitrogens with one attached hydrogen (secondary N) is 1. The van der Waals surface area contributed by atoms with Crippen molar-refractivity contribution in [3.8, 4) is 11.3 Å². The zero-order chi connectivity index (χ0) is 19.8. The summed E-state index contributed by atoms with van der Waals surface area (Å²) in [4.78, 5) is 43.6. The number of anilines is 1. The SMILES string of the molecule is Cc1ccc(-c2csc(NC(=O)[C@H](C)N3C(=O)[C@H]4CC=CC[C@@H]4C3=O)n2)cc1. The molecule has 0 bridgehead atoms. The van der Waals surface area contributed by atoms with Gasteiger partial charge in [0, 0.05) is 10.9 Å². The van der Waals surface area contributed by atoms with Gasteiger partial charge in [-0.25, -0.2) is 4.98 Å². The Kier molecular flexibility index (Phi) is 4.85. The lowest BCUT2D eigenvalue weighted by atomic mass is 9.85. The topological polar surface area (TPSA) is 79.4 Å². The summed E-state index contributed by atoms with van der Waals surface area (Å²) in [6.45, 7) is 3.61. The Labute approximate surface area is 167 Å². The van der Waals surface area contributed by atoms with E-state index in [1.807, 2.05) is 48.7 Å². The lowest BCUT2D eigenvalue weighted by Gasteiger charge is -2.21. The summed E-state index contributed by atoms with van der Waals surface area (Å²) in [5.41, 5.74) is 2.91. The molecule has 1 N–H and O–H groups in total. The van der Waals surface area contributed by atoms with Crippen LogP contribution in [0.25, 0.3) is 11.3 Å². The molecule has 1 aromatic heterocycles. The summed E-state index contributed by atoms with van der Waals surface area (Å²) in [5, 5.41) is 5.07. The van der Waals surface area contributed by atoms with Crippen LogP contribution in [0, 0.1) is 18.8 Å². The molecule has 1 saturated heterocycles. The highest BCUT2D eigenvalue weighted by molar-refractivity contribution is 7.14. The first-order valence-corrected chi connectivity index (χ1v) is 10.2. The molecule has 1 aliphatic heterocycles. The number of rotatable bonds is 4. The number of aromatic nitrogens is 1. The maximum absolute atomic E-state index is 12.7. The average Bonchev–Trinajstić information content (AvgIpc) is 3.25. The summed E-state index contributed by atoms with van der Waals surface area (Å²) in [5.74, 6) is -1.57. The van der Waals surface area contributed by atoms with Crippen molar-refractivity contribution in [1.29, 1.82) is 0 Å². The molecule has 0 unspecified atom stereocenters. The van der Waals surface area contributed by atoms with Gasteiger partial charge >= 0.3 is 0 Å². The molecule has 4 rings (SSSR count). The van der Waals surface area contributed by atoms with Gasteiger partial charge < -0.3 is 5.32 Å². The number of thiazole rings is 1. The van der Waals surface area contributed by atoms with Crippen LogP contribution in [-0.2, 0) is 14.4 Å². The number of likely N-dealkylation sites (tertiary alicyclic amines) is 1. The molecule has 3 atom stereocenters. The zero-order valence-electron chi connectivity index (χ0n) is 15.7. The van der Waals surface area contributed by atoms with Gasteiger partial charge in [0.05, 0.1) is 17.5 Å². The molecule has 0 radical (unpaired) electrons. The van der Waals surface area contributed by atoms with E-state index in [2.05, 4.69) is 10.3 Å². The second kappa shape index (κ2) is 7.31. The van der Waals surface area contributed by atoms with Crippen molar-refractivity contribution in [1.82, 2.24) is 9.88 Å². The predicted octanol–water partition coefficient (Wildman–Crippen LogP) is 3.40. The first kappa shape index (κ1) is 18.6. The van der Waals surface area contributed by atoms with E-state index in [-0.39, 0.29) is 23.7 Å². The fraction of sp³-hybridized carbons (Fsp3) is 0.333. The Balaban J connectivity index is 1.46. The quantitative estimate of drug-likeness (QED) is 0.636. The third-order valence-electron chi connectivity index (χ3n) is 5.39. The van der Waals surface area contributed by atoms with Crippen molar-refractivity contribution >= 4 is 34.2 Å². The van der Waals surface area contributed by atoms with Crippen LogP contribution in [0.1, 0.15) is 25.3 Å². The third kappa shape index (κ3) is 3.26. The molecule has 144 valence electrons. The summed E-state index contributed by atoms with van der Waals surface area (Å²) in [7, 11) is 0. The summed E-state index contributed by atoms with van der Waals surface area (Å²) in [6.07, 6.45) is 4.99. The van der Waals surface area contributed by atoms with Crippen LogP contribution in [0.4, 0.5) is 5.13 Å². The number of imide groups is 1. The van der Waals surface area contributed by atoms with Crippen molar-refractivity contribution in [3.63, 3.8) is 0 Å². The van der Waals surface area contributed by atoms with Crippen molar-refractivity contribution in [2.75, 3.05) is 5.32 Å². The fourth-order valence-electron chi connectivity index (χ4n) is 3.72. The Morgan fingerprint density at radius 2 is 1.75 bits per heavy atom. The van der Waals surface area contributed by atoms with E-state index in [0.29, 0.717) is 18.0 Å². The van der Waals surface area contributed by atoms with Gasteiger partial charge in [0.1, 0.15) is 6.04 Å². The maximum Gasteiger partial charge on any atom is 0.249 e. The number of fused-ring (bicyclic) bond motifs is 1. The monoisotopic (exact) mass is 395 g/mol. The molecule has 0 spiro atoms. The number of amides is 3. The van der Waals surface area contributed by atoms with Crippen LogP contribution in [-0.4, -0.2) is 33.6 Å². The second-order valence-electron chi connectivity index (χ2n) is 7.27. The van der Waals surface area contributed by atoms with Gasteiger partial charge in [-0.1, -0.05) is 42.0 Å². The number of hydrogen-bond acceptors (Lipinski definition) is 5. The van der Waals surface area contributed by atoms with E-state index in [9.17, 15) is 14.4 Å². The molecule has 1 fully saturated rings. The average molecular weight is 395 g/mol. The second-order valence-corrected chi connectivity index (χ2v) is 8.13. The number of carbonyl (C=O) groups excluding carboxylic acids is 3. The Morgan fingerprint density at radius 3 is 2.36 bits per heavy atom. The van der Waals surface area contributed by atoms with E-state index < -0.39 is 11.9 Å². The summed E-state index contributed by atoms with van der Waals surface area (Å²) < 4.78 is 0. The number of carbonyl (C=O) groups is 3. The minimum absolute atomic E-state index is 0.249. The van der Waals surface area contributed by atoms with E-state index in [1.165, 1.54) is 11.3 Å². The Morgan fingerprint density at radius 1 is 1.14 bits per heavy atom. The lowest BCUT2D eigenvalue weighted by molar-refractivity contribution is -0.146. The van der Waals surface area contributed by atoms with Gasteiger partial charge in [0.15, 0.2) is 5.13 Å². The van der Waals surface area contributed by atoms with Crippen molar-refractivity contribution in [2.24, 2.45) is 11.8 Å². The summed E-state index contributed by atoms with van der Waals surface area (Å²) >= 11 is 1.32. The number of aryl methyl sites for hydroxylation is 1. The highest BCUT2D eigenvalue weighted by Gasteiger charge is 2.50. The molecule has 1 aliphatic carbocycles. The minimum atomic E-state index is -0.864. The molecule has 28 heavy (non-hydrogen) atoms. The molecule has 7 heteroatoms. The lowest BCUT2D eigenvalue weighted by Crippen LogP contribution is -2.46. The number of allylic oxidation sites excluding steroid dienone is 2. The minimum Gasteiger partial charge on any atom is -0.300 e. The molecule has 0 saturated carbocycles. The third-order valence-corrected chi connectivity index (χ3v) is 6.15. The normalized spacial score (nSPS) is 22.3. The van der Waals surface area contributed by atoms with Crippen LogP contribution < -0.4 is 5.32 Å². The Bertz CT molecular complexity index is 938. The van der Waals surface area contributed by atoms with Gasteiger partial charge in [-0.3, -0.25) is 19.3 Å². The van der Waals surface area contributed by atoms with Gasteiger partial charge in [0.2, 0.25) is 17.7 Å². The molecule has 3 amide bonds. The molecule has 6 nitrogen and oxygen atoms in total. The highest BCUT2D eigenvalue weighted by atomic mass is 32.1. The van der Waals surface area contributed by atoms with E-state index >= 15 is 0 Å². The molecule has 1 aromatic carbocycles. The maximum atomic E-state index is 12.7. The van der Waals surface area contributed by atoms with Crippen LogP contribution in [0.2, 0.25) is 0 Å². The molecule has 2 aliphatic rings. The standard InChI is InChI=1S/C21H21N3O3S/c1-12-7-9-14(10-8-12)17-11-28-21(22-17)23-18(25)13(2)24-19(26)15-5-3-4-6-16(15)20(24)27/h3-4,7-11,13,15-16H,5-6H2,1-2H3,(H,22,23,25)/t13-,15-,16-/m0/s1. The smallest absolute Gasteiger partial charge is 0.249 e. The Hall–Kier alpha value is -2.80. The zero-order valence-corrected chi connectivity index (χ0v) is 16.5. The molecular weight excluding hydrogens is 374 g/mol. The number of benzene rings is 1. The van der Waals surface area contributed by atoms with Crippen LogP contribution >= 0.6 is 11.3 Å². The molecular formula is C21H21N3O3S. The fourth-order valence-corrected chi connectivity index (χ4v) is 4.45. The first-order valence-electron chi connectivity index (χ1n) is 9.31. The van der Waals surface area contributed by atoms with Gasteiger partial charge in [-0.2, -0.15) is 0 Å². The predicted molar refractivity (Wildman–Crippen MR) is 108 cm³/mol. The number of nitrogens with zero attached hydrogens (tertiary/aromatic N) is 2. The van der Waals surface area contributed by atoms with E-state index in [1.54, 1.807) is 6.92 Å². The first-order chi connectivity index (χ1) is 13.5. The van der Waals surface area contributed by atoms with E-state index in [0.717, 1.165) is 21.7 Å². The van der Waals surface area contributed by atoms with Gasteiger partial charge in [0.25, 0.3) is 0 Å². The molecule has 2 aromatic rings. The largest absolute Gasteiger partial charge is 0.300 e. The van der Waals surface area contributed by atoms with Crippen molar-refractivity contribution < 1.29 is 14.4 Å². The van der Waals surface area contributed by atoms with Crippen LogP contribution in [0.15, 0.2) is 41.8 Å². The van der Waals surface area contributed by atoms with Gasteiger partial charge in [-0.05, 0) is 26.7 Å². The highest BCUT2D eigenvalue weighted by Crippen LogP contribution is 2.36. The van der Waals surface area contributed by atoms with Crippen LogP contribution in [0.5, 0.6) is 0 Å². The number of hydrogen-bond donors (Lipinski definition) is 1. The van der Waals surface area contributed by atoms with Crippen LogP contribution in [0.3, 0.4) is 0 Å². The van der Waals surface area contributed by atoms with Gasteiger partial charge in [-0.15, -0.1) is 11.3 Å². The summed E-state index contributed by atoms with van der Waals surface area (Å²) in [6, 6.07) is 7.12. The van der Waals surface area contributed by atoms with Crippen molar-refractivity contribution in [3.05, 3.63) is 47.4 Å². The molecule has 2 heterocycles.